The Morgan fingerprint density at radius 3 is 2.56 bits per heavy atom. The number of ether oxygens (including phenoxy) is 1. The number of hydrogen-bond donors (Lipinski definition) is 3. The maximum atomic E-state index is 15.0. The number of aromatic nitrogens is 4. The molecule has 5 aromatic rings. The number of fused-ring (bicyclic) bond motifs is 1. The summed E-state index contributed by atoms with van der Waals surface area (Å²) < 4.78 is 49.5. The second-order valence-corrected chi connectivity index (χ2v) is 11.4. The van der Waals surface area contributed by atoms with E-state index >= 15 is 4.39 Å². The van der Waals surface area contributed by atoms with Crippen molar-refractivity contribution in [3.05, 3.63) is 118 Å². The van der Waals surface area contributed by atoms with Gasteiger partial charge in [0.2, 0.25) is 5.91 Å². The summed E-state index contributed by atoms with van der Waals surface area (Å²) in [7, 11) is 0. The number of rotatable bonds is 9. The molecule has 6 rings (SSSR count). The van der Waals surface area contributed by atoms with E-state index in [1.807, 2.05) is 0 Å². The van der Waals surface area contributed by atoms with Crippen molar-refractivity contribution in [2.24, 2.45) is 0 Å². The number of benzene rings is 2. The Kier molecular flexibility index (Phi) is 8.90. The highest BCUT2D eigenvalue weighted by atomic mass is 19.1. The molecule has 0 unspecified atom stereocenters. The van der Waals surface area contributed by atoms with Crippen molar-refractivity contribution < 1.29 is 22.7 Å². The van der Waals surface area contributed by atoms with E-state index in [1.54, 1.807) is 0 Å². The number of nitrogens with zero attached hydrogens (tertiary/aromatic N) is 3. The molecule has 45 heavy (non-hydrogen) atoms. The first-order valence-corrected chi connectivity index (χ1v) is 14.8. The number of nitrogens with one attached hydrogen (secondary N) is 3. The van der Waals surface area contributed by atoms with Gasteiger partial charge >= 0.3 is 0 Å². The molecule has 0 bridgehead atoms. The first-order valence-electron chi connectivity index (χ1n) is 14.8. The summed E-state index contributed by atoms with van der Waals surface area (Å²) in [5, 5.41) is 6.25. The van der Waals surface area contributed by atoms with Crippen LogP contribution in [0.1, 0.15) is 58.4 Å². The Balaban J connectivity index is 1.10. The fourth-order valence-corrected chi connectivity index (χ4v) is 5.73. The third-order valence-electron chi connectivity index (χ3n) is 8.37. The van der Waals surface area contributed by atoms with Crippen molar-refractivity contribution in [2.45, 2.75) is 51.2 Å². The highest BCUT2D eigenvalue weighted by Crippen LogP contribution is 2.31. The number of morpholine rings is 1. The Morgan fingerprint density at radius 1 is 1.02 bits per heavy atom. The van der Waals surface area contributed by atoms with Gasteiger partial charge in [-0.2, -0.15) is 0 Å². The van der Waals surface area contributed by atoms with Gasteiger partial charge < -0.3 is 20.4 Å². The number of anilines is 1. The van der Waals surface area contributed by atoms with E-state index < -0.39 is 29.3 Å². The molecule has 1 aliphatic rings. The van der Waals surface area contributed by atoms with Crippen LogP contribution in [0, 0.1) is 31.3 Å². The SMILES string of the molecule is Cc1cc2nc([C@@H]3CO[C@H](CCc4c(F)cncc4NC(=O)C[C@@H](c4ccc(F)cc4)c4ccncc4F)CN3)[nH]c2cc1C. The number of pyridine rings is 2. The number of hydrogen-bond acceptors (Lipinski definition) is 6. The normalized spacial score (nSPS) is 17.4. The molecule has 1 aliphatic heterocycles. The van der Waals surface area contributed by atoms with E-state index in [0.717, 1.165) is 29.3 Å². The Hall–Kier alpha value is -4.61. The molecule has 0 radical (unpaired) electrons. The average Bonchev–Trinajstić information content (AvgIpc) is 3.43. The van der Waals surface area contributed by atoms with Crippen LogP contribution in [0.25, 0.3) is 11.0 Å². The molecular weight excluding hydrogens is 581 g/mol. The van der Waals surface area contributed by atoms with Gasteiger partial charge in [0.25, 0.3) is 0 Å². The molecule has 1 saturated heterocycles. The minimum atomic E-state index is -0.715. The van der Waals surface area contributed by atoms with Gasteiger partial charge in [0, 0.05) is 30.6 Å². The molecule has 2 aromatic carbocycles. The molecule has 11 heteroatoms. The third-order valence-corrected chi connectivity index (χ3v) is 8.37. The van der Waals surface area contributed by atoms with Crippen molar-refractivity contribution in [3.8, 4) is 0 Å². The summed E-state index contributed by atoms with van der Waals surface area (Å²) in [5.41, 5.74) is 5.62. The van der Waals surface area contributed by atoms with Crippen molar-refractivity contribution in [3.63, 3.8) is 0 Å². The van der Waals surface area contributed by atoms with E-state index in [0.29, 0.717) is 37.1 Å². The van der Waals surface area contributed by atoms with E-state index in [-0.39, 0.29) is 29.8 Å². The van der Waals surface area contributed by atoms with Crippen LogP contribution in [-0.4, -0.2) is 45.1 Å². The number of halogens is 3. The van der Waals surface area contributed by atoms with Gasteiger partial charge in [0.05, 0.1) is 54.1 Å². The van der Waals surface area contributed by atoms with E-state index in [2.05, 4.69) is 51.6 Å². The number of aromatic amines is 1. The van der Waals surface area contributed by atoms with Gasteiger partial charge in [-0.1, -0.05) is 12.1 Å². The summed E-state index contributed by atoms with van der Waals surface area (Å²) in [6.45, 7) is 5.08. The zero-order chi connectivity index (χ0) is 31.5. The highest BCUT2D eigenvalue weighted by Gasteiger charge is 2.26. The number of imidazole rings is 1. The summed E-state index contributed by atoms with van der Waals surface area (Å²) in [4.78, 5) is 29.1. The van der Waals surface area contributed by atoms with Gasteiger partial charge in [-0.05, 0) is 79.3 Å². The van der Waals surface area contributed by atoms with Gasteiger partial charge in [-0.25, -0.2) is 18.2 Å². The molecule has 232 valence electrons. The van der Waals surface area contributed by atoms with Crippen LogP contribution in [0.4, 0.5) is 18.9 Å². The van der Waals surface area contributed by atoms with Crippen LogP contribution >= 0.6 is 0 Å². The molecule has 3 aromatic heterocycles. The quantitative estimate of drug-likeness (QED) is 0.182. The molecule has 3 N–H and O–H groups in total. The zero-order valence-electron chi connectivity index (χ0n) is 24.9. The molecule has 4 heterocycles. The first kappa shape index (κ1) is 30.4. The van der Waals surface area contributed by atoms with Gasteiger partial charge in [-0.15, -0.1) is 0 Å². The number of aryl methyl sites for hydroxylation is 2. The highest BCUT2D eigenvalue weighted by molar-refractivity contribution is 5.92. The van der Waals surface area contributed by atoms with Crippen LogP contribution < -0.4 is 10.6 Å². The standard InChI is InChI=1S/C34H33F3N6O2/c1-19-11-29-30(12-20(19)2)43-34(42-29)32-18-45-23(14-40-32)7-8-25-28(37)16-39-17-31(25)41-33(44)13-26(21-3-5-22(35)6-4-21)24-9-10-38-15-27(24)36/h3-6,9-12,15-17,23,26,32,40H,7-8,13-14,18H2,1-2H3,(H,41,44)(H,42,43)/t23-,26+,32+/m1/s1. The summed E-state index contributed by atoms with van der Waals surface area (Å²) >= 11 is 0. The molecule has 3 atom stereocenters. The van der Waals surface area contributed by atoms with Crippen LogP contribution in [0.5, 0.6) is 0 Å². The largest absolute Gasteiger partial charge is 0.375 e. The smallest absolute Gasteiger partial charge is 0.225 e. The molecule has 1 fully saturated rings. The van der Waals surface area contributed by atoms with Crippen molar-refractivity contribution in [2.75, 3.05) is 18.5 Å². The fraction of sp³-hybridized carbons (Fsp3) is 0.294. The maximum absolute atomic E-state index is 15.0. The number of amides is 1. The Morgan fingerprint density at radius 2 is 1.80 bits per heavy atom. The van der Waals surface area contributed by atoms with Crippen molar-refractivity contribution >= 4 is 22.6 Å². The van der Waals surface area contributed by atoms with Gasteiger partial charge in [-0.3, -0.25) is 14.8 Å². The minimum Gasteiger partial charge on any atom is -0.375 e. The lowest BCUT2D eigenvalue weighted by molar-refractivity contribution is -0.116. The van der Waals surface area contributed by atoms with E-state index in [9.17, 15) is 13.6 Å². The predicted molar refractivity (Wildman–Crippen MR) is 164 cm³/mol. The maximum Gasteiger partial charge on any atom is 0.225 e. The fourth-order valence-electron chi connectivity index (χ4n) is 5.73. The Labute approximate surface area is 258 Å². The van der Waals surface area contributed by atoms with Crippen LogP contribution in [0.15, 0.2) is 67.3 Å². The first-order chi connectivity index (χ1) is 21.7. The third kappa shape index (κ3) is 6.89. The second-order valence-electron chi connectivity index (χ2n) is 11.4. The molecular formula is C34H33F3N6O2. The lowest BCUT2D eigenvalue weighted by atomic mass is 9.88. The van der Waals surface area contributed by atoms with E-state index in [1.165, 1.54) is 53.9 Å². The van der Waals surface area contributed by atoms with Crippen molar-refractivity contribution in [1.29, 1.82) is 0 Å². The average molecular weight is 615 g/mol. The molecule has 0 aliphatic carbocycles. The topological polar surface area (TPSA) is 105 Å². The van der Waals surface area contributed by atoms with Crippen LogP contribution in [-0.2, 0) is 16.0 Å². The summed E-state index contributed by atoms with van der Waals surface area (Å²) in [6, 6.07) is 11.1. The lowest BCUT2D eigenvalue weighted by Crippen LogP contribution is -2.41. The minimum absolute atomic E-state index is 0.0962. The van der Waals surface area contributed by atoms with Crippen LogP contribution in [0.2, 0.25) is 0 Å². The van der Waals surface area contributed by atoms with E-state index in [4.69, 9.17) is 9.72 Å². The molecule has 0 saturated carbocycles. The zero-order valence-corrected chi connectivity index (χ0v) is 24.9. The summed E-state index contributed by atoms with van der Waals surface area (Å²) in [5.74, 6) is -1.94. The number of carbonyl (C=O) groups excluding carboxylic acids is 1. The van der Waals surface area contributed by atoms with Crippen LogP contribution in [0.3, 0.4) is 0 Å². The van der Waals surface area contributed by atoms with Gasteiger partial charge in [0.15, 0.2) is 0 Å². The van der Waals surface area contributed by atoms with Gasteiger partial charge in [0.1, 0.15) is 23.3 Å². The number of H-pyrrole nitrogens is 1. The lowest BCUT2D eigenvalue weighted by Gasteiger charge is -2.29. The predicted octanol–water partition coefficient (Wildman–Crippen LogP) is 6.21. The monoisotopic (exact) mass is 614 g/mol. The second kappa shape index (κ2) is 13.2. The Bertz CT molecular complexity index is 1780. The summed E-state index contributed by atoms with van der Waals surface area (Å²) in [6.07, 6.45) is 5.47. The molecule has 1 amide bonds. The number of carbonyl (C=O) groups is 1. The molecule has 8 nitrogen and oxygen atoms in total. The van der Waals surface area contributed by atoms with Crippen molar-refractivity contribution in [1.82, 2.24) is 25.3 Å². The molecule has 0 spiro atoms.